The molecule has 0 saturated heterocycles. The number of nitrogens with one attached hydrogen (secondary N) is 1. The monoisotopic (exact) mass is 365 g/mol. The summed E-state index contributed by atoms with van der Waals surface area (Å²) in [7, 11) is 0. The standard InChI is InChI=1S/C18H20ClNOS2/c19-15-5-6-16(22-15)23-20-17-13-7-8-18(17,11-21)10-14-4-2-1-3-12(14)9-13/h1-6,13,17,20-21H,7-11H2. The molecule has 23 heavy (non-hydrogen) atoms. The Bertz CT molecular complexity index is 704. The van der Waals surface area contributed by atoms with Gasteiger partial charge in [-0.3, -0.25) is 4.72 Å². The quantitative estimate of drug-likeness (QED) is 0.779. The third-order valence-corrected chi connectivity index (χ3v) is 7.67. The van der Waals surface area contributed by atoms with Gasteiger partial charge in [-0.05, 0) is 66.8 Å². The first-order chi connectivity index (χ1) is 11.2. The molecule has 2 nitrogen and oxygen atoms in total. The van der Waals surface area contributed by atoms with E-state index in [0.717, 1.165) is 23.6 Å². The van der Waals surface area contributed by atoms with Gasteiger partial charge in [0.1, 0.15) is 0 Å². The Balaban J connectivity index is 1.59. The van der Waals surface area contributed by atoms with Crippen LogP contribution in [0.3, 0.4) is 0 Å². The van der Waals surface area contributed by atoms with Gasteiger partial charge < -0.3 is 5.11 Å². The summed E-state index contributed by atoms with van der Waals surface area (Å²) in [5, 5.41) is 10.2. The highest BCUT2D eigenvalue weighted by molar-refractivity contribution is 7.99. The maximum absolute atomic E-state index is 10.2. The summed E-state index contributed by atoms with van der Waals surface area (Å²) in [6, 6.07) is 13.1. The van der Waals surface area contributed by atoms with E-state index in [-0.39, 0.29) is 12.0 Å². The van der Waals surface area contributed by atoms with Gasteiger partial charge in [0, 0.05) is 11.5 Å². The Labute approximate surface area is 150 Å². The molecule has 0 aliphatic heterocycles. The zero-order chi connectivity index (χ0) is 15.9. The van der Waals surface area contributed by atoms with Crippen LogP contribution >= 0.6 is 34.9 Å². The lowest BCUT2D eigenvalue weighted by Crippen LogP contribution is -2.45. The minimum absolute atomic E-state index is 0.0364. The Morgan fingerprint density at radius 1 is 1.26 bits per heavy atom. The highest BCUT2D eigenvalue weighted by atomic mass is 35.5. The highest BCUT2D eigenvalue weighted by Gasteiger charge is 2.50. The predicted molar refractivity (Wildman–Crippen MR) is 98.2 cm³/mol. The molecule has 2 bridgehead atoms. The number of hydrogen-bond acceptors (Lipinski definition) is 4. The van der Waals surface area contributed by atoms with Crippen LogP contribution in [-0.4, -0.2) is 17.8 Å². The summed E-state index contributed by atoms with van der Waals surface area (Å²) in [5.74, 6) is 0.591. The van der Waals surface area contributed by atoms with Crippen LogP contribution in [0.1, 0.15) is 24.0 Å². The Hall–Kier alpha value is -0.520. The van der Waals surface area contributed by atoms with Crippen molar-refractivity contribution in [1.82, 2.24) is 4.72 Å². The topological polar surface area (TPSA) is 32.3 Å². The van der Waals surface area contributed by atoms with E-state index >= 15 is 0 Å². The van der Waals surface area contributed by atoms with E-state index in [1.165, 1.54) is 21.8 Å². The summed E-state index contributed by atoms with van der Waals surface area (Å²) in [5.41, 5.74) is 2.84. The Kier molecular flexibility index (Phi) is 4.45. The molecule has 0 spiro atoms. The lowest BCUT2D eigenvalue weighted by Gasteiger charge is -2.34. The van der Waals surface area contributed by atoms with Gasteiger partial charge in [0.15, 0.2) is 0 Å². The molecule has 1 fully saturated rings. The third kappa shape index (κ3) is 2.96. The molecule has 0 amide bonds. The molecule has 1 aromatic carbocycles. The molecule has 3 atom stereocenters. The average molecular weight is 366 g/mol. The van der Waals surface area contributed by atoms with Crippen molar-refractivity contribution >= 4 is 34.9 Å². The third-order valence-electron chi connectivity index (χ3n) is 5.44. The minimum atomic E-state index is -0.0364. The normalized spacial score (nSPS) is 29.3. The number of thiophene rings is 1. The van der Waals surface area contributed by atoms with Crippen LogP contribution in [0.4, 0.5) is 0 Å². The van der Waals surface area contributed by atoms with Gasteiger partial charge in [-0.25, -0.2) is 0 Å². The van der Waals surface area contributed by atoms with E-state index in [9.17, 15) is 5.11 Å². The second-order valence-electron chi connectivity index (χ2n) is 6.72. The van der Waals surface area contributed by atoms with E-state index in [1.807, 2.05) is 6.07 Å². The van der Waals surface area contributed by atoms with Crippen molar-refractivity contribution in [3.63, 3.8) is 0 Å². The SMILES string of the molecule is OCC12CCC(Cc3ccccc3C1)C2NSc1ccc(Cl)s1. The highest BCUT2D eigenvalue weighted by Crippen LogP contribution is 2.49. The van der Waals surface area contributed by atoms with Gasteiger partial charge in [-0.1, -0.05) is 35.9 Å². The van der Waals surface area contributed by atoms with Crippen LogP contribution in [0.15, 0.2) is 40.6 Å². The van der Waals surface area contributed by atoms with Gasteiger partial charge in [0.05, 0.1) is 15.2 Å². The molecule has 1 saturated carbocycles. The number of halogens is 1. The van der Waals surface area contributed by atoms with Crippen molar-refractivity contribution in [3.05, 3.63) is 51.9 Å². The predicted octanol–water partition coefficient (Wildman–Crippen LogP) is 4.55. The molecule has 122 valence electrons. The summed E-state index contributed by atoms with van der Waals surface area (Å²) in [4.78, 5) is 0. The molecule has 5 heteroatoms. The van der Waals surface area contributed by atoms with Crippen LogP contribution in [0, 0.1) is 11.3 Å². The van der Waals surface area contributed by atoms with Gasteiger partial charge >= 0.3 is 0 Å². The van der Waals surface area contributed by atoms with Gasteiger partial charge in [0.25, 0.3) is 0 Å². The zero-order valence-electron chi connectivity index (χ0n) is 12.8. The van der Waals surface area contributed by atoms with Crippen LogP contribution in [-0.2, 0) is 12.8 Å². The van der Waals surface area contributed by atoms with Crippen LogP contribution in [0.25, 0.3) is 0 Å². The molecule has 2 aliphatic carbocycles. The molecular weight excluding hydrogens is 346 g/mol. The van der Waals surface area contributed by atoms with Crippen molar-refractivity contribution in [2.45, 2.75) is 35.9 Å². The number of benzene rings is 1. The number of aliphatic hydroxyl groups excluding tert-OH is 1. The summed E-state index contributed by atoms with van der Waals surface area (Å²) in [6.07, 6.45) is 4.38. The zero-order valence-corrected chi connectivity index (χ0v) is 15.2. The van der Waals surface area contributed by atoms with Crippen LogP contribution in [0.5, 0.6) is 0 Å². The molecule has 4 rings (SSSR count). The van der Waals surface area contributed by atoms with Crippen LogP contribution < -0.4 is 4.72 Å². The van der Waals surface area contributed by atoms with E-state index < -0.39 is 0 Å². The van der Waals surface area contributed by atoms with Gasteiger partial charge in [-0.2, -0.15) is 0 Å². The maximum atomic E-state index is 10.2. The fourth-order valence-corrected chi connectivity index (χ4v) is 6.55. The molecule has 1 aromatic heterocycles. The number of rotatable bonds is 4. The van der Waals surface area contributed by atoms with E-state index in [4.69, 9.17) is 11.6 Å². The number of fused-ring (bicyclic) bond motifs is 3. The molecule has 3 unspecified atom stereocenters. The lowest BCUT2D eigenvalue weighted by molar-refractivity contribution is 0.105. The summed E-state index contributed by atoms with van der Waals surface area (Å²) < 4.78 is 5.69. The van der Waals surface area contributed by atoms with Crippen LogP contribution in [0.2, 0.25) is 4.34 Å². The lowest BCUT2D eigenvalue weighted by atomic mass is 9.78. The van der Waals surface area contributed by atoms with Crippen molar-refractivity contribution in [2.24, 2.45) is 11.3 Å². The molecule has 2 aliphatic rings. The second-order valence-corrected chi connectivity index (χ2v) is 9.58. The van der Waals surface area contributed by atoms with E-state index in [0.29, 0.717) is 12.0 Å². The maximum Gasteiger partial charge on any atom is 0.0940 e. The number of hydrogen-bond donors (Lipinski definition) is 2. The molecule has 2 N–H and O–H groups in total. The minimum Gasteiger partial charge on any atom is -0.396 e. The summed E-state index contributed by atoms with van der Waals surface area (Å²) >= 11 is 9.30. The van der Waals surface area contributed by atoms with Crippen molar-refractivity contribution in [2.75, 3.05) is 6.61 Å². The van der Waals surface area contributed by atoms with Gasteiger partial charge in [-0.15, -0.1) is 11.3 Å². The first kappa shape index (κ1) is 16.0. The fraction of sp³-hybridized carbons (Fsp3) is 0.444. The average Bonchev–Trinajstić information content (AvgIpc) is 3.06. The van der Waals surface area contributed by atoms with E-state index in [2.05, 4.69) is 35.1 Å². The number of aliphatic hydroxyl groups is 1. The van der Waals surface area contributed by atoms with Crippen molar-refractivity contribution in [1.29, 1.82) is 0 Å². The fourth-order valence-electron chi connectivity index (χ4n) is 4.23. The first-order valence-corrected chi connectivity index (χ1v) is 10.1. The Morgan fingerprint density at radius 2 is 2.09 bits per heavy atom. The molecular formula is C18H20ClNOS2. The van der Waals surface area contributed by atoms with E-state index in [1.54, 1.807) is 23.3 Å². The summed E-state index contributed by atoms with van der Waals surface area (Å²) in [6.45, 7) is 0.251. The smallest absolute Gasteiger partial charge is 0.0940 e. The first-order valence-electron chi connectivity index (χ1n) is 8.05. The Morgan fingerprint density at radius 3 is 2.83 bits per heavy atom. The molecule has 2 aromatic rings. The molecule has 0 radical (unpaired) electrons. The second kappa shape index (κ2) is 6.41. The van der Waals surface area contributed by atoms with Crippen molar-refractivity contribution in [3.8, 4) is 0 Å². The molecule has 1 heterocycles. The van der Waals surface area contributed by atoms with Gasteiger partial charge in [0.2, 0.25) is 0 Å². The largest absolute Gasteiger partial charge is 0.396 e. The van der Waals surface area contributed by atoms with Crippen molar-refractivity contribution < 1.29 is 5.11 Å².